The van der Waals surface area contributed by atoms with E-state index in [-0.39, 0.29) is 5.91 Å². The second kappa shape index (κ2) is 4.94. The number of likely N-dealkylation sites (N-methyl/N-ethyl adjacent to an activating group) is 1. The van der Waals surface area contributed by atoms with Crippen molar-refractivity contribution in [2.45, 2.75) is 32.7 Å². The molecule has 1 atom stereocenters. The molecule has 0 aromatic carbocycles. The zero-order valence-corrected chi connectivity index (χ0v) is 10.1. The Morgan fingerprint density at radius 2 is 1.80 bits per heavy atom. The van der Waals surface area contributed by atoms with Crippen molar-refractivity contribution in [2.75, 3.05) is 32.7 Å². The number of carbonyl (C=O) groups is 1. The molecule has 1 unspecified atom stereocenters. The lowest BCUT2D eigenvalue weighted by molar-refractivity contribution is -0.138. The van der Waals surface area contributed by atoms with Gasteiger partial charge in [0.05, 0.1) is 5.54 Å². The van der Waals surface area contributed by atoms with Gasteiger partial charge < -0.3 is 15.5 Å². The predicted octanol–water partition coefficient (Wildman–Crippen LogP) is 0.278. The Bertz CT molecular complexity index is 220. The Morgan fingerprint density at radius 3 is 2.20 bits per heavy atom. The molecule has 4 nitrogen and oxygen atoms in total. The van der Waals surface area contributed by atoms with Crippen LogP contribution in [0, 0.1) is 0 Å². The van der Waals surface area contributed by atoms with Gasteiger partial charge in [-0.15, -0.1) is 0 Å². The minimum Gasteiger partial charge on any atom is -0.339 e. The lowest BCUT2D eigenvalue weighted by atomic mass is 9.98. The summed E-state index contributed by atoms with van der Waals surface area (Å²) in [6, 6.07) is 0. The third kappa shape index (κ3) is 2.92. The predicted molar refractivity (Wildman–Crippen MR) is 61.6 cm³/mol. The number of amides is 1. The zero-order chi connectivity index (χ0) is 11.5. The Labute approximate surface area is 92.4 Å². The summed E-state index contributed by atoms with van der Waals surface area (Å²) in [6.45, 7) is 10.6. The van der Waals surface area contributed by atoms with E-state index < -0.39 is 5.54 Å². The van der Waals surface area contributed by atoms with Crippen LogP contribution in [0.25, 0.3) is 0 Å². The van der Waals surface area contributed by atoms with Gasteiger partial charge in [-0.05, 0) is 19.9 Å². The van der Waals surface area contributed by atoms with Gasteiger partial charge in [-0.2, -0.15) is 0 Å². The van der Waals surface area contributed by atoms with E-state index >= 15 is 0 Å². The van der Waals surface area contributed by atoms with Gasteiger partial charge in [0.25, 0.3) is 0 Å². The Hall–Kier alpha value is -0.610. The average molecular weight is 213 g/mol. The van der Waals surface area contributed by atoms with E-state index in [1.165, 1.54) is 0 Å². The van der Waals surface area contributed by atoms with Crippen molar-refractivity contribution in [2.24, 2.45) is 5.73 Å². The van der Waals surface area contributed by atoms with Crippen molar-refractivity contribution >= 4 is 5.91 Å². The van der Waals surface area contributed by atoms with Gasteiger partial charge in [0.2, 0.25) is 5.91 Å². The average Bonchev–Trinajstić information content (AvgIpc) is 2.28. The molecule has 1 rings (SSSR count). The number of nitrogens with zero attached hydrogens (tertiary/aromatic N) is 2. The molecule has 1 saturated heterocycles. The minimum absolute atomic E-state index is 0.0979. The molecule has 88 valence electrons. The van der Waals surface area contributed by atoms with Crippen LogP contribution in [-0.2, 0) is 4.79 Å². The first-order valence-electron chi connectivity index (χ1n) is 5.82. The highest BCUT2D eigenvalue weighted by molar-refractivity contribution is 5.85. The maximum absolute atomic E-state index is 12.0. The van der Waals surface area contributed by atoms with Gasteiger partial charge in [0, 0.05) is 26.2 Å². The molecule has 0 spiro atoms. The summed E-state index contributed by atoms with van der Waals surface area (Å²) in [5, 5.41) is 0. The van der Waals surface area contributed by atoms with Gasteiger partial charge >= 0.3 is 0 Å². The minimum atomic E-state index is -0.686. The molecular formula is C11H23N3O. The Kier molecular flexibility index (Phi) is 4.11. The molecule has 4 heteroatoms. The van der Waals surface area contributed by atoms with Crippen LogP contribution in [-0.4, -0.2) is 54.0 Å². The molecular weight excluding hydrogens is 190 g/mol. The van der Waals surface area contributed by atoms with Gasteiger partial charge in [0.15, 0.2) is 0 Å². The van der Waals surface area contributed by atoms with Gasteiger partial charge in [-0.25, -0.2) is 0 Å². The van der Waals surface area contributed by atoms with Crippen molar-refractivity contribution < 1.29 is 4.79 Å². The highest BCUT2D eigenvalue weighted by Gasteiger charge is 2.32. The van der Waals surface area contributed by atoms with Crippen LogP contribution >= 0.6 is 0 Å². The fourth-order valence-electron chi connectivity index (χ4n) is 1.78. The summed E-state index contributed by atoms with van der Waals surface area (Å²) in [5.41, 5.74) is 5.27. The third-order valence-corrected chi connectivity index (χ3v) is 3.33. The van der Waals surface area contributed by atoms with Crippen LogP contribution in [0.5, 0.6) is 0 Å². The zero-order valence-electron chi connectivity index (χ0n) is 10.1. The fourth-order valence-corrected chi connectivity index (χ4v) is 1.78. The summed E-state index contributed by atoms with van der Waals surface area (Å²) in [5.74, 6) is 0.0979. The van der Waals surface area contributed by atoms with E-state index in [0.29, 0.717) is 6.42 Å². The van der Waals surface area contributed by atoms with Crippen molar-refractivity contribution in [3.05, 3.63) is 0 Å². The summed E-state index contributed by atoms with van der Waals surface area (Å²) >= 11 is 0. The molecule has 0 bridgehead atoms. The molecule has 0 aromatic rings. The molecule has 2 N–H and O–H groups in total. The molecule has 1 fully saturated rings. The van der Waals surface area contributed by atoms with Crippen molar-refractivity contribution in [1.82, 2.24) is 9.80 Å². The van der Waals surface area contributed by atoms with E-state index in [0.717, 1.165) is 32.7 Å². The standard InChI is InChI=1S/C11H23N3O/c1-4-11(3,12)10(15)14-8-6-13(5-2)7-9-14/h4-9,12H2,1-3H3. The summed E-state index contributed by atoms with van der Waals surface area (Å²) in [6.07, 6.45) is 0.694. The highest BCUT2D eigenvalue weighted by Crippen LogP contribution is 2.12. The molecule has 1 aliphatic rings. The maximum Gasteiger partial charge on any atom is 0.242 e. The Balaban J connectivity index is 2.50. The molecule has 1 amide bonds. The second-order valence-electron chi connectivity index (χ2n) is 4.50. The molecule has 15 heavy (non-hydrogen) atoms. The van der Waals surface area contributed by atoms with E-state index in [1.54, 1.807) is 0 Å². The topological polar surface area (TPSA) is 49.6 Å². The van der Waals surface area contributed by atoms with E-state index in [1.807, 2.05) is 18.7 Å². The fraction of sp³-hybridized carbons (Fsp3) is 0.909. The first-order valence-corrected chi connectivity index (χ1v) is 5.82. The smallest absolute Gasteiger partial charge is 0.242 e. The normalized spacial score (nSPS) is 22.5. The van der Waals surface area contributed by atoms with Crippen molar-refractivity contribution in [1.29, 1.82) is 0 Å². The molecule has 0 radical (unpaired) electrons. The van der Waals surface area contributed by atoms with E-state index in [9.17, 15) is 4.79 Å². The van der Waals surface area contributed by atoms with Crippen LogP contribution in [0.1, 0.15) is 27.2 Å². The third-order valence-electron chi connectivity index (χ3n) is 3.33. The first kappa shape index (κ1) is 12.5. The lowest BCUT2D eigenvalue weighted by Gasteiger charge is -2.37. The molecule has 0 aliphatic carbocycles. The summed E-state index contributed by atoms with van der Waals surface area (Å²) < 4.78 is 0. The number of rotatable bonds is 3. The number of hydrogen-bond donors (Lipinski definition) is 1. The number of carbonyl (C=O) groups excluding carboxylic acids is 1. The maximum atomic E-state index is 12.0. The molecule has 0 aromatic heterocycles. The summed E-state index contributed by atoms with van der Waals surface area (Å²) in [4.78, 5) is 16.3. The number of piperazine rings is 1. The highest BCUT2D eigenvalue weighted by atomic mass is 16.2. The van der Waals surface area contributed by atoms with E-state index in [2.05, 4.69) is 11.8 Å². The second-order valence-corrected chi connectivity index (χ2v) is 4.50. The van der Waals surface area contributed by atoms with E-state index in [4.69, 9.17) is 5.73 Å². The van der Waals surface area contributed by atoms with Crippen molar-refractivity contribution in [3.63, 3.8) is 0 Å². The van der Waals surface area contributed by atoms with Crippen LogP contribution in [0.15, 0.2) is 0 Å². The molecule has 1 aliphatic heterocycles. The number of nitrogens with two attached hydrogens (primary N) is 1. The van der Waals surface area contributed by atoms with Gasteiger partial charge in [-0.1, -0.05) is 13.8 Å². The first-order chi connectivity index (χ1) is 7.01. The van der Waals surface area contributed by atoms with Crippen LogP contribution in [0.4, 0.5) is 0 Å². The lowest BCUT2D eigenvalue weighted by Crippen LogP contribution is -2.57. The summed E-state index contributed by atoms with van der Waals surface area (Å²) in [7, 11) is 0. The van der Waals surface area contributed by atoms with Crippen molar-refractivity contribution in [3.8, 4) is 0 Å². The van der Waals surface area contributed by atoms with Gasteiger partial charge in [-0.3, -0.25) is 4.79 Å². The Morgan fingerprint density at radius 1 is 1.27 bits per heavy atom. The van der Waals surface area contributed by atoms with Gasteiger partial charge in [0.1, 0.15) is 0 Å². The van der Waals surface area contributed by atoms with Crippen LogP contribution in [0.2, 0.25) is 0 Å². The quantitative estimate of drug-likeness (QED) is 0.732. The SMILES string of the molecule is CCN1CCN(C(=O)C(C)(N)CC)CC1. The molecule has 1 heterocycles. The number of hydrogen-bond acceptors (Lipinski definition) is 3. The van der Waals surface area contributed by atoms with Crippen LogP contribution < -0.4 is 5.73 Å². The monoisotopic (exact) mass is 213 g/mol. The largest absolute Gasteiger partial charge is 0.339 e. The molecule has 0 saturated carbocycles. The van der Waals surface area contributed by atoms with Crippen LogP contribution in [0.3, 0.4) is 0 Å².